The minimum Gasteiger partial charge on any atom is -0.482 e. The number of ether oxygens (including phenoxy) is 1. The summed E-state index contributed by atoms with van der Waals surface area (Å²) >= 11 is 6.03. The van der Waals surface area contributed by atoms with Crippen molar-refractivity contribution in [3.05, 3.63) is 83.4 Å². The molecular formula is C26H24ClN3O4. The molecule has 4 rings (SSSR count). The first-order chi connectivity index (χ1) is 16.4. The highest BCUT2D eigenvalue weighted by molar-refractivity contribution is 6.32. The summed E-state index contributed by atoms with van der Waals surface area (Å²) in [6.45, 7) is 3.04. The Bertz CT molecular complexity index is 1250. The van der Waals surface area contributed by atoms with Gasteiger partial charge in [-0.2, -0.15) is 0 Å². The van der Waals surface area contributed by atoms with Gasteiger partial charge in [-0.3, -0.25) is 19.8 Å². The lowest BCUT2D eigenvalue weighted by Gasteiger charge is -2.27. The van der Waals surface area contributed by atoms with E-state index in [2.05, 4.69) is 10.7 Å². The number of amides is 3. The molecule has 1 heterocycles. The molecule has 8 heteroatoms. The topological polar surface area (TPSA) is 87.7 Å². The molecule has 3 aromatic rings. The molecule has 3 aromatic carbocycles. The van der Waals surface area contributed by atoms with Crippen molar-refractivity contribution < 1.29 is 19.1 Å². The zero-order valence-electron chi connectivity index (χ0n) is 18.7. The lowest BCUT2D eigenvalue weighted by molar-refractivity contribution is -0.131. The van der Waals surface area contributed by atoms with Crippen molar-refractivity contribution in [2.45, 2.75) is 25.8 Å². The smallest absolute Gasteiger partial charge is 0.261 e. The van der Waals surface area contributed by atoms with Gasteiger partial charge in [-0.25, -0.2) is 5.01 Å². The fraction of sp³-hybridized carbons (Fsp3) is 0.192. The third-order valence-electron chi connectivity index (χ3n) is 5.64. The second-order valence-electron chi connectivity index (χ2n) is 7.98. The van der Waals surface area contributed by atoms with Gasteiger partial charge < -0.3 is 10.1 Å². The summed E-state index contributed by atoms with van der Waals surface area (Å²) in [5.74, 6) is -1.40. The Kier molecular flexibility index (Phi) is 6.84. The van der Waals surface area contributed by atoms with Crippen molar-refractivity contribution in [2.75, 3.05) is 11.6 Å². The van der Waals surface area contributed by atoms with E-state index in [0.717, 1.165) is 16.7 Å². The molecule has 7 nitrogen and oxygen atoms in total. The van der Waals surface area contributed by atoms with Crippen LogP contribution in [0.5, 0.6) is 5.75 Å². The highest BCUT2D eigenvalue weighted by Gasteiger charge is 2.33. The van der Waals surface area contributed by atoms with E-state index in [1.54, 1.807) is 36.4 Å². The molecule has 0 aliphatic carbocycles. The Balaban J connectivity index is 1.47. The van der Waals surface area contributed by atoms with Crippen LogP contribution in [-0.4, -0.2) is 30.4 Å². The summed E-state index contributed by atoms with van der Waals surface area (Å²) in [7, 11) is 0. The minimum atomic E-state index is -0.914. The highest BCUT2D eigenvalue weighted by Crippen LogP contribution is 2.39. The maximum atomic E-state index is 13.3. The fourth-order valence-corrected chi connectivity index (χ4v) is 4.03. The number of nitrogens with zero attached hydrogens (tertiary/aromatic N) is 1. The molecule has 1 aliphatic rings. The number of halogens is 1. The number of para-hydroxylation sites is 2. The number of carbonyl (C=O) groups is 3. The Hall–Kier alpha value is -3.84. The van der Waals surface area contributed by atoms with E-state index >= 15 is 0 Å². The van der Waals surface area contributed by atoms with Crippen molar-refractivity contribution >= 4 is 35.0 Å². The van der Waals surface area contributed by atoms with Gasteiger partial charge in [-0.1, -0.05) is 66.2 Å². The van der Waals surface area contributed by atoms with Crippen LogP contribution < -0.4 is 20.5 Å². The number of hydrogen-bond acceptors (Lipinski definition) is 4. The molecule has 2 atom stereocenters. The summed E-state index contributed by atoms with van der Waals surface area (Å²) in [5.41, 5.74) is 5.91. The van der Waals surface area contributed by atoms with E-state index in [1.165, 1.54) is 11.9 Å². The summed E-state index contributed by atoms with van der Waals surface area (Å²) in [6, 6.07) is 21.0. The quantitative estimate of drug-likeness (QED) is 0.560. The number of fused-ring (bicyclic) bond motifs is 3. The number of anilines is 1. The highest BCUT2D eigenvalue weighted by atomic mass is 35.5. The monoisotopic (exact) mass is 477 g/mol. The Morgan fingerprint density at radius 3 is 2.41 bits per heavy atom. The Morgan fingerprint density at radius 1 is 1.00 bits per heavy atom. The fourth-order valence-electron chi connectivity index (χ4n) is 3.84. The Labute approximate surface area is 202 Å². The van der Waals surface area contributed by atoms with Crippen LogP contribution in [0.4, 0.5) is 5.69 Å². The van der Waals surface area contributed by atoms with Crippen LogP contribution in [0.25, 0.3) is 11.1 Å². The number of hydrazine groups is 1. The number of hydrogen-bond donors (Lipinski definition) is 2. The molecule has 0 spiro atoms. The average molecular weight is 478 g/mol. The maximum absolute atomic E-state index is 13.3. The molecule has 0 fully saturated rings. The van der Waals surface area contributed by atoms with Crippen LogP contribution in [0.15, 0.2) is 72.8 Å². The SMILES string of the molecule is CC1C(=O)N(NC(=O)[C@H](C)NC(=O)COc2ccccc2Cl)c2ccccc2-c2ccccc21. The lowest BCUT2D eigenvalue weighted by Crippen LogP contribution is -2.54. The normalized spacial score (nSPS) is 15.4. The van der Waals surface area contributed by atoms with E-state index < -0.39 is 23.8 Å². The van der Waals surface area contributed by atoms with Gasteiger partial charge in [0.15, 0.2) is 6.61 Å². The van der Waals surface area contributed by atoms with Gasteiger partial charge in [-0.05, 0) is 43.2 Å². The molecule has 0 saturated carbocycles. The van der Waals surface area contributed by atoms with Crippen molar-refractivity contribution in [3.8, 4) is 16.9 Å². The molecule has 1 aliphatic heterocycles. The zero-order chi connectivity index (χ0) is 24.2. The van der Waals surface area contributed by atoms with Gasteiger partial charge in [0, 0.05) is 5.56 Å². The summed E-state index contributed by atoms with van der Waals surface area (Å²) in [6.07, 6.45) is 0. The number of carbonyl (C=O) groups excluding carboxylic acids is 3. The van der Waals surface area contributed by atoms with E-state index in [1.807, 2.05) is 43.3 Å². The van der Waals surface area contributed by atoms with E-state index in [4.69, 9.17) is 16.3 Å². The predicted octanol–water partition coefficient (Wildman–Crippen LogP) is 4.07. The molecule has 174 valence electrons. The second-order valence-corrected chi connectivity index (χ2v) is 8.39. The van der Waals surface area contributed by atoms with Crippen LogP contribution in [-0.2, 0) is 14.4 Å². The number of rotatable bonds is 6. The van der Waals surface area contributed by atoms with Crippen molar-refractivity contribution in [1.29, 1.82) is 0 Å². The number of nitrogens with one attached hydrogen (secondary N) is 2. The molecule has 0 saturated heterocycles. The van der Waals surface area contributed by atoms with Crippen LogP contribution in [0.2, 0.25) is 5.02 Å². The molecule has 1 unspecified atom stereocenters. The van der Waals surface area contributed by atoms with Gasteiger partial charge in [-0.15, -0.1) is 0 Å². The first kappa shape index (κ1) is 23.3. The lowest BCUT2D eigenvalue weighted by atomic mass is 9.92. The van der Waals surface area contributed by atoms with Gasteiger partial charge in [0.05, 0.1) is 16.6 Å². The van der Waals surface area contributed by atoms with E-state index in [9.17, 15) is 14.4 Å². The summed E-state index contributed by atoms with van der Waals surface area (Å²) in [4.78, 5) is 38.6. The van der Waals surface area contributed by atoms with Gasteiger partial charge in [0.2, 0.25) is 0 Å². The molecule has 34 heavy (non-hydrogen) atoms. The summed E-state index contributed by atoms with van der Waals surface area (Å²) in [5, 5.41) is 4.24. The average Bonchev–Trinajstić information content (AvgIpc) is 2.93. The summed E-state index contributed by atoms with van der Waals surface area (Å²) < 4.78 is 5.42. The maximum Gasteiger partial charge on any atom is 0.261 e. The Morgan fingerprint density at radius 2 is 1.65 bits per heavy atom. The zero-order valence-corrected chi connectivity index (χ0v) is 19.5. The standard InChI is InChI=1S/C26H24ClN3O4/c1-16-18-9-3-4-10-19(18)20-11-5-7-13-22(20)30(26(16)33)29-25(32)17(2)28-24(31)15-34-23-14-8-6-12-21(23)27/h3-14,16-17H,15H2,1-2H3,(H,28,31)(H,29,32)/t16?,17-/m0/s1. The van der Waals surface area contributed by atoms with E-state index in [-0.39, 0.29) is 12.5 Å². The first-order valence-electron chi connectivity index (χ1n) is 10.9. The second kappa shape index (κ2) is 9.97. The van der Waals surface area contributed by atoms with Gasteiger partial charge in [0.1, 0.15) is 11.8 Å². The van der Waals surface area contributed by atoms with Crippen LogP contribution in [0.3, 0.4) is 0 Å². The van der Waals surface area contributed by atoms with Crippen molar-refractivity contribution in [2.24, 2.45) is 0 Å². The molecule has 0 radical (unpaired) electrons. The largest absolute Gasteiger partial charge is 0.482 e. The van der Waals surface area contributed by atoms with E-state index in [0.29, 0.717) is 16.5 Å². The first-order valence-corrected chi connectivity index (χ1v) is 11.2. The molecule has 2 N–H and O–H groups in total. The van der Waals surface area contributed by atoms with Crippen LogP contribution >= 0.6 is 11.6 Å². The van der Waals surface area contributed by atoms with Gasteiger partial charge >= 0.3 is 0 Å². The predicted molar refractivity (Wildman–Crippen MR) is 130 cm³/mol. The molecule has 3 amide bonds. The number of benzene rings is 3. The molecule has 0 aromatic heterocycles. The van der Waals surface area contributed by atoms with Crippen molar-refractivity contribution in [3.63, 3.8) is 0 Å². The third kappa shape index (κ3) is 4.75. The molecular weight excluding hydrogens is 454 g/mol. The molecule has 0 bridgehead atoms. The third-order valence-corrected chi connectivity index (χ3v) is 5.95. The van der Waals surface area contributed by atoms with Crippen molar-refractivity contribution in [1.82, 2.24) is 10.7 Å². The minimum absolute atomic E-state index is 0.272. The van der Waals surface area contributed by atoms with Crippen LogP contribution in [0.1, 0.15) is 25.3 Å². The van der Waals surface area contributed by atoms with Crippen LogP contribution in [0, 0.1) is 0 Å². The van der Waals surface area contributed by atoms with Gasteiger partial charge in [0.25, 0.3) is 17.7 Å².